The number of methoxy groups -OCH3 is 2. The Morgan fingerprint density at radius 1 is 0.792 bits per heavy atom. The molecule has 0 saturated carbocycles. The third-order valence-corrected chi connectivity index (χ3v) is 10.2. The van der Waals surface area contributed by atoms with Gasteiger partial charge in [-0.15, -0.1) is 0 Å². The molecule has 2 aromatic carbocycles. The Bertz CT molecular complexity index is 2030. The SMILES string of the molecule is COc1cc(C(=O)Nc2cccc(-c3cccc(NC(=O)c4cc(OC)c(CN5CC[C@H](C(=O)O)C5)cn4)c3C)c2C)ncc1CN1CC[C@H](C=O)C1. The Balaban J connectivity index is 1.15. The lowest BCUT2D eigenvalue weighted by Gasteiger charge is -2.18. The van der Waals surface area contributed by atoms with Crippen LogP contribution in [0.25, 0.3) is 11.1 Å². The second-order valence-electron chi connectivity index (χ2n) is 13.6. The number of aldehydes is 1. The molecule has 2 fully saturated rings. The molecule has 3 N–H and O–H groups in total. The van der Waals surface area contributed by atoms with E-state index in [1.165, 1.54) is 7.11 Å². The normalized spacial score (nSPS) is 17.4. The van der Waals surface area contributed by atoms with Gasteiger partial charge < -0.3 is 30.0 Å². The van der Waals surface area contributed by atoms with Gasteiger partial charge in [-0.25, -0.2) is 0 Å². The second kappa shape index (κ2) is 16.3. The molecule has 0 radical (unpaired) electrons. The number of nitrogens with zero attached hydrogens (tertiary/aromatic N) is 4. The maximum absolute atomic E-state index is 13.4. The first kappa shape index (κ1) is 37.1. The van der Waals surface area contributed by atoms with E-state index in [1.807, 2.05) is 55.1 Å². The van der Waals surface area contributed by atoms with E-state index in [4.69, 9.17) is 9.47 Å². The van der Waals surface area contributed by atoms with E-state index in [2.05, 4.69) is 25.5 Å². The Labute approximate surface area is 308 Å². The Morgan fingerprint density at radius 2 is 1.28 bits per heavy atom. The molecule has 2 aliphatic heterocycles. The minimum absolute atomic E-state index is 0.0396. The van der Waals surface area contributed by atoms with Crippen LogP contribution in [0.3, 0.4) is 0 Å². The molecule has 6 rings (SSSR count). The first-order chi connectivity index (χ1) is 25.6. The van der Waals surface area contributed by atoms with Gasteiger partial charge in [0.1, 0.15) is 29.2 Å². The zero-order chi connectivity index (χ0) is 37.6. The third-order valence-electron chi connectivity index (χ3n) is 10.2. The fourth-order valence-electron chi connectivity index (χ4n) is 7.07. The fourth-order valence-corrected chi connectivity index (χ4v) is 7.07. The molecule has 0 bridgehead atoms. The van der Waals surface area contributed by atoms with Crippen molar-refractivity contribution in [3.05, 3.63) is 94.6 Å². The minimum Gasteiger partial charge on any atom is -0.496 e. The van der Waals surface area contributed by atoms with Crippen molar-refractivity contribution < 1.29 is 33.8 Å². The number of amides is 2. The number of anilines is 2. The van der Waals surface area contributed by atoms with Gasteiger partial charge in [-0.1, -0.05) is 24.3 Å². The molecule has 2 atom stereocenters. The number of rotatable bonds is 13. The summed E-state index contributed by atoms with van der Waals surface area (Å²) in [6.45, 7) is 7.54. The summed E-state index contributed by atoms with van der Waals surface area (Å²) in [5, 5.41) is 15.3. The first-order valence-electron chi connectivity index (χ1n) is 17.6. The summed E-state index contributed by atoms with van der Waals surface area (Å²) in [7, 11) is 3.09. The van der Waals surface area contributed by atoms with Crippen molar-refractivity contribution in [2.24, 2.45) is 11.8 Å². The highest BCUT2D eigenvalue weighted by Gasteiger charge is 2.29. The van der Waals surface area contributed by atoms with E-state index in [0.717, 1.165) is 52.6 Å². The van der Waals surface area contributed by atoms with Crippen LogP contribution in [0.1, 0.15) is 56.1 Å². The molecule has 2 aliphatic rings. The van der Waals surface area contributed by atoms with Crippen LogP contribution < -0.4 is 20.1 Å². The van der Waals surface area contributed by atoms with Crippen LogP contribution in [0.2, 0.25) is 0 Å². The Morgan fingerprint density at radius 3 is 1.72 bits per heavy atom. The van der Waals surface area contributed by atoms with Gasteiger partial charge >= 0.3 is 5.97 Å². The quantitative estimate of drug-likeness (QED) is 0.156. The standard InChI is InChI=1S/C40H44N6O7/c1-24-30(7-5-9-32(24)43-38(48)34-15-36(52-3)28(17-41-34)21-45-13-11-26(19-45)23-47)31-8-6-10-33(25(31)2)44-39(49)35-16-37(53-4)29(18-42-35)22-46-14-12-27(20-46)40(50)51/h5-10,15-18,23,26-27H,11-14,19-22H2,1-4H3,(H,43,48)(H,44,49)(H,50,51)/t26-,27-/m0/s1. The van der Waals surface area contributed by atoms with E-state index in [-0.39, 0.29) is 23.2 Å². The zero-order valence-corrected chi connectivity index (χ0v) is 30.3. The van der Waals surface area contributed by atoms with Crippen LogP contribution in [0.15, 0.2) is 60.9 Å². The van der Waals surface area contributed by atoms with Gasteiger partial charge in [0, 0.05) is 79.1 Å². The van der Waals surface area contributed by atoms with Crippen molar-refractivity contribution >= 4 is 35.4 Å². The zero-order valence-electron chi connectivity index (χ0n) is 30.3. The van der Waals surface area contributed by atoms with Gasteiger partial charge in [0.15, 0.2) is 0 Å². The van der Waals surface area contributed by atoms with Crippen molar-refractivity contribution in [2.75, 3.05) is 51.0 Å². The summed E-state index contributed by atoms with van der Waals surface area (Å²) in [5.41, 5.74) is 6.67. The predicted octanol–water partition coefficient (Wildman–Crippen LogP) is 5.21. The fraction of sp³-hybridized carbons (Fsp3) is 0.350. The molecule has 53 heavy (non-hydrogen) atoms. The molecule has 2 saturated heterocycles. The lowest BCUT2D eigenvalue weighted by molar-refractivity contribution is -0.141. The Hall–Kier alpha value is -5.66. The van der Waals surface area contributed by atoms with Crippen molar-refractivity contribution in [3.8, 4) is 22.6 Å². The first-order valence-corrected chi connectivity index (χ1v) is 17.6. The molecule has 13 heteroatoms. The molecule has 4 aromatic rings. The molecule has 0 unspecified atom stereocenters. The van der Waals surface area contributed by atoms with Crippen molar-refractivity contribution in [1.82, 2.24) is 19.8 Å². The number of carboxylic acid groups (broad SMARTS) is 1. The maximum Gasteiger partial charge on any atom is 0.307 e. The van der Waals surface area contributed by atoms with Gasteiger partial charge in [0.25, 0.3) is 11.8 Å². The number of hydrogen-bond donors (Lipinski definition) is 3. The molecule has 0 spiro atoms. The molecule has 4 heterocycles. The highest BCUT2D eigenvalue weighted by molar-refractivity contribution is 6.05. The van der Waals surface area contributed by atoms with Crippen LogP contribution in [-0.2, 0) is 22.7 Å². The van der Waals surface area contributed by atoms with Gasteiger partial charge in [0.05, 0.1) is 20.1 Å². The van der Waals surface area contributed by atoms with E-state index in [1.54, 1.807) is 31.6 Å². The number of aromatic nitrogens is 2. The van der Waals surface area contributed by atoms with E-state index in [9.17, 15) is 24.3 Å². The van der Waals surface area contributed by atoms with Crippen LogP contribution in [0.4, 0.5) is 11.4 Å². The largest absolute Gasteiger partial charge is 0.496 e. The molecule has 0 aliphatic carbocycles. The number of carbonyl (C=O) groups is 4. The topological polar surface area (TPSA) is 163 Å². The maximum atomic E-state index is 13.4. The molecule has 13 nitrogen and oxygen atoms in total. The van der Waals surface area contributed by atoms with Gasteiger partial charge in [0.2, 0.25) is 0 Å². The van der Waals surface area contributed by atoms with Crippen LogP contribution in [0, 0.1) is 25.7 Å². The van der Waals surface area contributed by atoms with E-state index >= 15 is 0 Å². The molecule has 2 amide bonds. The summed E-state index contributed by atoms with van der Waals surface area (Å²) >= 11 is 0. The van der Waals surface area contributed by atoms with Crippen LogP contribution >= 0.6 is 0 Å². The Kier molecular flexibility index (Phi) is 11.4. The molecule has 276 valence electrons. The van der Waals surface area contributed by atoms with Crippen molar-refractivity contribution in [1.29, 1.82) is 0 Å². The highest BCUT2D eigenvalue weighted by Crippen LogP contribution is 2.34. The number of aliphatic carboxylic acids is 1. The average molecular weight is 721 g/mol. The number of ether oxygens (including phenoxy) is 2. The summed E-state index contributed by atoms with van der Waals surface area (Å²) in [4.78, 5) is 62.5. The molecule has 2 aromatic heterocycles. The third kappa shape index (κ3) is 8.37. The molecular weight excluding hydrogens is 676 g/mol. The lowest BCUT2D eigenvalue weighted by atomic mass is 9.94. The van der Waals surface area contributed by atoms with E-state index < -0.39 is 17.8 Å². The van der Waals surface area contributed by atoms with Gasteiger partial charge in [-0.05, 0) is 74.2 Å². The summed E-state index contributed by atoms with van der Waals surface area (Å²) in [6, 6.07) is 14.5. The summed E-state index contributed by atoms with van der Waals surface area (Å²) < 4.78 is 11.2. The van der Waals surface area contributed by atoms with Crippen molar-refractivity contribution in [3.63, 3.8) is 0 Å². The number of pyridine rings is 2. The number of carbonyl (C=O) groups excluding carboxylic acids is 3. The smallest absolute Gasteiger partial charge is 0.307 e. The predicted molar refractivity (Wildman–Crippen MR) is 199 cm³/mol. The monoisotopic (exact) mass is 720 g/mol. The molecular formula is C40H44N6O7. The second-order valence-corrected chi connectivity index (χ2v) is 13.6. The van der Waals surface area contributed by atoms with Crippen LogP contribution in [-0.4, -0.2) is 89.3 Å². The number of carboxylic acids is 1. The van der Waals surface area contributed by atoms with E-state index in [0.29, 0.717) is 62.0 Å². The summed E-state index contributed by atoms with van der Waals surface area (Å²) in [5.74, 6) is -0.865. The minimum atomic E-state index is -0.792. The number of likely N-dealkylation sites (tertiary alicyclic amines) is 2. The number of nitrogens with one attached hydrogen (secondary N) is 2. The number of hydrogen-bond acceptors (Lipinski definition) is 10. The average Bonchev–Trinajstić information content (AvgIpc) is 3.83. The van der Waals surface area contributed by atoms with Gasteiger partial charge in [-0.2, -0.15) is 0 Å². The lowest BCUT2D eigenvalue weighted by Crippen LogP contribution is -2.23. The number of benzene rings is 2. The summed E-state index contributed by atoms with van der Waals surface area (Å²) in [6.07, 6.45) is 5.69. The van der Waals surface area contributed by atoms with Crippen LogP contribution in [0.5, 0.6) is 11.5 Å². The van der Waals surface area contributed by atoms with Crippen molar-refractivity contribution in [2.45, 2.75) is 39.8 Å². The highest BCUT2D eigenvalue weighted by atomic mass is 16.5. The van der Waals surface area contributed by atoms with Gasteiger partial charge in [-0.3, -0.25) is 34.2 Å².